The molecule has 0 spiro atoms. The number of carbonyl (C=O) groups is 2. The molecule has 1 amide bonds. The minimum Gasteiger partial charge on any atom is -0.489 e. The number of hydrogen-bond acceptors (Lipinski definition) is 6. The first-order chi connectivity index (χ1) is 16.5. The van der Waals surface area contributed by atoms with Crippen molar-refractivity contribution >= 4 is 11.9 Å². The quantitative estimate of drug-likeness (QED) is 0.513. The molecule has 0 radical (unpaired) electrons. The van der Waals surface area contributed by atoms with Gasteiger partial charge in [-0.05, 0) is 36.6 Å². The number of carboxylic acids is 1. The zero-order valence-corrected chi connectivity index (χ0v) is 18.6. The zero-order chi connectivity index (χ0) is 23.9. The van der Waals surface area contributed by atoms with Crippen LogP contribution in [0.1, 0.15) is 53.4 Å². The highest BCUT2D eigenvalue weighted by molar-refractivity contribution is 5.79. The monoisotopic (exact) mass is 459 g/mol. The number of nitriles is 1. The number of likely N-dealkylation sites (tertiary alicyclic amines) is 1. The summed E-state index contributed by atoms with van der Waals surface area (Å²) in [6.45, 7) is 0.948. The average molecular weight is 460 g/mol. The van der Waals surface area contributed by atoms with Crippen molar-refractivity contribution in [2.75, 3.05) is 6.54 Å². The molecule has 0 aliphatic carbocycles. The lowest BCUT2D eigenvalue weighted by Gasteiger charge is -2.23. The Morgan fingerprint density at radius 2 is 2.00 bits per heavy atom. The molecule has 1 aliphatic heterocycles. The van der Waals surface area contributed by atoms with Crippen LogP contribution in [0.5, 0.6) is 5.75 Å². The summed E-state index contributed by atoms with van der Waals surface area (Å²) < 4.78 is 11.1. The predicted molar refractivity (Wildman–Crippen MR) is 122 cm³/mol. The summed E-state index contributed by atoms with van der Waals surface area (Å²) in [5, 5.41) is 22.1. The number of aliphatic carboxylic acids is 1. The van der Waals surface area contributed by atoms with Gasteiger partial charge in [0.25, 0.3) is 0 Å². The SMILES string of the molecule is N#Cc1ccccc1COc1ccc(CC(=O)N2CCCC2c2cc(CCC(=O)O)on2)cc1. The van der Waals surface area contributed by atoms with Crippen LogP contribution in [0, 0.1) is 11.3 Å². The van der Waals surface area contributed by atoms with E-state index in [4.69, 9.17) is 14.4 Å². The average Bonchev–Trinajstić information content (AvgIpc) is 3.52. The van der Waals surface area contributed by atoms with Gasteiger partial charge >= 0.3 is 5.97 Å². The topological polar surface area (TPSA) is 117 Å². The highest BCUT2D eigenvalue weighted by Crippen LogP contribution is 2.32. The first kappa shape index (κ1) is 23.1. The molecule has 8 nitrogen and oxygen atoms in total. The summed E-state index contributed by atoms with van der Waals surface area (Å²) in [6, 6.07) is 18.5. The van der Waals surface area contributed by atoms with Crippen LogP contribution in [-0.2, 0) is 29.0 Å². The molecule has 1 aromatic heterocycles. The number of carbonyl (C=O) groups excluding carboxylic acids is 1. The molecule has 4 rings (SSSR count). The molecule has 0 saturated carbocycles. The number of carboxylic acid groups (broad SMARTS) is 1. The molecule has 1 saturated heterocycles. The number of aromatic nitrogens is 1. The van der Waals surface area contributed by atoms with Crippen molar-refractivity contribution in [1.29, 1.82) is 5.26 Å². The van der Waals surface area contributed by atoms with Crippen LogP contribution in [0.4, 0.5) is 0 Å². The molecule has 2 aromatic carbocycles. The van der Waals surface area contributed by atoms with E-state index in [1.165, 1.54) is 0 Å². The summed E-state index contributed by atoms with van der Waals surface area (Å²) in [5.41, 5.74) is 2.96. The van der Waals surface area contributed by atoms with Crippen LogP contribution in [-0.4, -0.2) is 33.6 Å². The molecular formula is C26H25N3O5. The molecule has 0 bridgehead atoms. The number of ether oxygens (including phenoxy) is 1. The zero-order valence-electron chi connectivity index (χ0n) is 18.6. The summed E-state index contributed by atoms with van der Waals surface area (Å²) in [6.07, 6.45) is 2.20. The van der Waals surface area contributed by atoms with Gasteiger partial charge in [0.2, 0.25) is 5.91 Å². The van der Waals surface area contributed by atoms with Crippen LogP contribution >= 0.6 is 0 Å². The van der Waals surface area contributed by atoms with E-state index in [0.29, 0.717) is 35.9 Å². The first-order valence-corrected chi connectivity index (χ1v) is 11.2. The van der Waals surface area contributed by atoms with E-state index in [1.54, 1.807) is 12.1 Å². The molecule has 1 fully saturated rings. The molecule has 8 heteroatoms. The van der Waals surface area contributed by atoms with E-state index in [1.807, 2.05) is 47.4 Å². The van der Waals surface area contributed by atoms with Crippen molar-refractivity contribution in [2.24, 2.45) is 0 Å². The molecule has 174 valence electrons. The third kappa shape index (κ3) is 5.62. The maximum atomic E-state index is 13.0. The number of amides is 1. The Balaban J connectivity index is 1.34. The normalized spacial score (nSPS) is 15.1. The summed E-state index contributed by atoms with van der Waals surface area (Å²) in [4.78, 5) is 25.6. The Labute approximate surface area is 197 Å². The number of rotatable bonds is 9. The minimum atomic E-state index is -0.890. The maximum Gasteiger partial charge on any atom is 0.303 e. The summed E-state index contributed by atoms with van der Waals surface area (Å²) >= 11 is 0. The van der Waals surface area contributed by atoms with E-state index < -0.39 is 5.97 Å². The third-order valence-electron chi connectivity index (χ3n) is 5.89. The second-order valence-corrected chi connectivity index (χ2v) is 8.24. The fraction of sp³-hybridized carbons (Fsp3) is 0.308. The van der Waals surface area contributed by atoms with E-state index in [0.717, 1.165) is 24.0 Å². The van der Waals surface area contributed by atoms with Gasteiger partial charge in [-0.1, -0.05) is 35.5 Å². The lowest BCUT2D eigenvalue weighted by Crippen LogP contribution is -2.32. The Bertz CT molecular complexity index is 1200. The van der Waals surface area contributed by atoms with Crippen LogP contribution < -0.4 is 4.74 Å². The molecule has 2 heterocycles. The molecule has 1 unspecified atom stereocenters. The van der Waals surface area contributed by atoms with E-state index in [9.17, 15) is 14.9 Å². The molecule has 1 atom stereocenters. The van der Waals surface area contributed by atoms with Gasteiger partial charge in [-0.15, -0.1) is 0 Å². The second-order valence-electron chi connectivity index (χ2n) is 8.24. The summed E-state index contributed by atoms with van der Waals surface area (Å²) in [5.74, 6) is 0.303. The van der Waals surface area contributed by atoms with Crippen molar-refractivity contribution in [1.82, 2.24) is 10.1 Å². The van der Waals surface area contributed by atoms with Crippen LogP contribution in [0.2, 0.25) is 0 Å². The maximum absolute atomic E-state index is 13.0. The largest absolute Gasteiger partial charge is 0.489 e. The van der Waals surface area contributed by atoms with E-state index in [-0.39, 0.29) is 31.2 Å². The van der Waals surface area contributed by atoms with E-state index >= 15 is 0 Å². The van der Waals surface area contributed by atoms with Crippen molar-refractivity contribution < 1.29 is 24.0 Å². The minimum absolute atomic E-state index is 0.00852. The summed E-state index contributed by atoms with van der Waals surface area (Å²) in [7, 11) is 0. The number of aryl methyl sites for hydroxylation is 1. The smallest absolute Gasteiger partial charge is 0.303 e. The van der Waals surface area contributed by atoms with Gasteiger partial charge in [0.1, 0.15) is 23.8 Å². The van der Waals surface area contributed by atoms with Gasteiger partial charge in [0.05, 0.1) is 30.5 Å². The fourth-order valence-electron chi connectivity index (χ4n) is 4.10. The number of benzene rings is 2. The van der Waals surface area contributed by atoms with Crippen molar-refractivity contribution in [3.63, 3.8) is 0 Å². The Morgan fingerprint density at radius 1 is 1.21 bits per heavy atom. The standard InChI is InChI=1S/C26H25N3O5/c27-16-19-4-1-2-5-20(19)17-33-21-9-7-18(8-10-21)14-25(30)29-13-3-6-24(29)23-15-22(34-28-23)11-12-26(31)32/h1-2,4-5,7-10,15,24H,3,6,11-14,17H2,(H,31,32). The van der Waals surface area contributed by atoms with Gasteiger partial charge < -0.3 is 19.3 Å². The number of hydrogen-bond donors (Lipinski definition) is 1. The van der Waals surface area contributed by atoms with Crippen molar-refractivity contribution in [3.05, 3.63) is 82.7 Å². The van der Waals surface area contributed by atoms with Gasteiger partial charge in [-0.3, -0.25) is 9.59 Å². The van der Waals surface area contributed by atoms with Crippen molar-refractivity contribution in [3.8, 4) is 11.8 Å². The molecule has 34 heavy (non-hydrogen) atoms. The molecule has 1 N–H and O–H groups in total. The van der Waals surface area contributed by atoms with Gasteiger partial charge in [-0.25, -0.2) is 0 Å². The van der Waals surface area contributed by atoms with Crippen molar-refractivity contribution in [2.45, 2.75) is 44.8 Å². The van der Waals surface area contributed by atoms with Crippen LogP contribution in [0.3, 0.4) is 0 Å². The first-order valence-electron chi connectivity index (χ1n) is 11.2. The number of nitrogens with zero attached hydrogens (tertiary/aromatic N) is 3. The lowest BCUT2D eigenvalue weighted by molar-refractivity contribution is -0.137. The van der Waals surface area contributed by atoms with E-state index in [2.05, 4.69) is 11.2 Å². The lowest BCUT2D eigenvalue weighted by atomic mass is 10.1. The molecule has 1 aliphatic rings. The molecule has 3 aromatic rings. The Hall–Kier alpha value is -4.12. The van der Waals surface area contributed by atoms with Crippen LogP contribution in [0.25, 0.3) is 0 Å². The third-order valence-corrected chi connectivity index (χ3v) is 5.89. The highest BCUT2D eigenvalue weighted by atomic mass is 16.5. The van der Waals surface area contributed by atoms with Gasteiger partial charge in [0.15, 0.2) is 0 Å². The predicted octanol–water partition coefficient (Wildman–Crippen LogP) is 4.05. The van der Waals surface area contributed by atoms with Gasteiger partial charge in [0, 0.05) is 24.6 Å². The van der Waals surface area contributed by atoms with Crippen LogP contribution in [0.15, 0.2) is 59.1 Å². The molecular weight excluding hydrogens is 434 g/mol. The Morgan fingerprint density at radius 3 is 2.76 bits per heavy atom. The fourth-order valence-corrected chi connectivity index (χ4v) is 4.10. The highest BCUT2D eigenvalue weighted by Gasteiger charge is 2.32. The van der Waals surface area contributed by atoms with Gasteiger partial charge in [-0.2, -0.15) is 5.26 Å². The Kier molecular flexibility index (Phi) is 7.23. The second kappa shape index (κ2) is 10.7.